The number of hydrogen-bond donors (Lipinski definition) is 1. The molecule has 1 aromatic carbocycles. The molecule has 0 heterocycles. The lowest BCUT2D eigenvalue weighted by molar-refractivity contribution is 0.227. The first-order valence-corrected chi connectivity index (χ1v) is 7.87. The van der Waals surface area contributed by atoms with Crippen molar-refractivity contribution in [2.45, 2.75) is 40.3 Å². The Hall–Kier alpha value is -1.26. The number of rotatable bonds is 10. The Labute approximate surface area is 129 Å². The molecule has 0 aromatic heterocycles. The Balaban J connectivity index is 2.61. The minimum atomic E-state index is 0.135. The van der Waals surface area contributed by atoms with Crippen LogP contribution >= 0.6 is 0 Å². The van der Waals surface area contributed by atoms with E-state index in [0.717, 1.165) is 49.8 Å². The number of hydrogen-bond acceptors (Lipinski definition) is 4. The summed E-state index contributed by atoms with van der Waals surface area (Å²) >= 11 is 0. The average Bonchev–Trinajstić information content (AvgIpc) is 2.48. The maximum Gasteiger partial charge on any atom is 0.166 e. The molecule has 4 nitrogen and oxygen atoms in total. The summed E-state index contributed by atoms with van der Waals surface area (Å²) in [5, 5.41) is 3.49. The molecule has 1 aromatic rings. The monoisotopic (exact) mass is 294 g/mol. The number of nitrogens with zero attached hydrogens (tertiary/aromatic N) is 1. The minimum absolute atomic E-state index is 0.135. The number of methoxy groups -OCH3 is 1. The van der Waals surface area contributed by atoms with Gasteiger partial charge in [-0.25, -0.2) is 0 Å². The molecule has 0 fully saturated rings. The third-order valence-electron chi connectivity index (χ3n) is 3.45. The zero-order chi connectivity index (χ0) is 15.7. The van der Waals surface area contributed by atoms with Gasteiger partial charge in [-0.15, -0.1) is 0 Å². The second-order valence-corrected chi connectivity index (χ2v) is 5.32. The SMILES string of the molecule is CCN(CC)CCNCc1cccc(OC)c1OC(C)C. The fourth-order valence-corrected chi connectivity index (χ4v) is 2.23. The highest BCUT2D eigenvalue weighted by Crippen LogP contribution is 2.31. The van der Waals surface area contributed by atoms with Gasteiger partial charge in [-0.3, -0.25) is 0 Å². The summed E-state index contributed by atoms with van der Waals surface area (Å²) in [4.78, 5) is 2.41. The second kappa shape index (κ2) is 9.64. The smallest absolute Gasteiger partial charge is 0.166 e. The van der Waals surface area contributed by atoms with Crippen LogP contribution in [0.25, 0.3) is 0 Å². The van der Waals surface area contributed by atoms with E-state index in [1.54, 1.807) is 7.11 Å². The summed E-state index contributed by atoms with van der Waals surface area (Å²) in [5.74, 6) is 1.65. The lowest BCUT2D eigenvalue weighted by atomic mass is 10.1. The first kappa shape index (κ1) is 17.8. The van der Waals surface area contributed by atoms with Crippen molar-refractivity contribution >= 4 is 0 Å². The standard InChI is InChI=1S/C17H30N2O2/c1-6-19(7-2)12-11-18-13-15-9-8-10-16(20-5)17(15)21-14(3)4/h8-10,14,18H,6-7,11-13H2,1-5H3. The van der Waals surface area contributed by atoms with Crippen LogP contribution in [-0.2, 0) is 6.54 Å². The van der Waals surface area contributed by atoms with Gasteiger partial charge in [-0.1, -0.05) is 26.0 Å². The normalized spacial score (nSPS) is 11.2. The van der Waals surface area contributed by atoms with Crippen LogP contribution in [-0.4, -0.2) is 44.3 Å². The molecule has 0 radical (unpaired) electrons. The molecule has 0 atom stereocenters. The molecule has 0 aliphatic carbocycles. The van der Waals surface area contributed by atoms with Crippen molar-refractivity contribution in [3.63, 3.8) is 0 Å². The molecule has 0 spiro atoms. The first-order chi connectivity index (χ1) is 10.1. The predicted octanol–water partition coefficient (Wildman–Crippen LogP) is 2.91. The molecule has 0 bridgehead atoms. The van der Waals surface area contributed by atoms with Gasteiger partial charge in [0.15, 0.2) is 11.5 Å². The van der Waals surface area contributed by atoms with Crippen molar-refractivity contribution in [2.75, 3.05) is 33.3 Å². The predicted molar refractivity (Wildman–Crippen MR) is 88.3 cm³/mol. The molecule has 4 heteroatoms. The van der Waals surface area contributed by atoms with Crippen LogP contribution in [0, 0.1) is 0 Å². The summed E-state index contributed by atoms with van der Waals surface area (Å²) in [5.41, 5.74) is 1.14. The molecule has 0 amide bonds. The van der Waals surface area contributed by atoms with E-state index in [1.165, 1.54) is 0 Å². The van der Waals surface area contributed by atoms with Gasteiger partial charge in [0.25, 0.3) is 0 Å². The number of nitrogens with one attached hydrogen (secondary N) is 1. The highest BCUT2D eigenvalue weighted by Gasteiger charge is 2.11. The summed E-state index contributed by atoms with van der Waals surface area (Å²) < 4.78 is 11.3. The van der Waals surface area contributed by atoms with Crippen molar-refractivity contribution in [1.29, 1.82) is 0 Å². The van der Waals surface area contributed by atoms with Gasteiger partial charge >= 0.3 is 0 Å². The Bertz CT molecular complexity index is 404. The van der Waals surface area contributed by atoms with E-state index in [-0.39, 0.29) is 6.10 Å². The van der Waals surface area contributed by atoms with Gasteiger partial charge in [0, 0.05) is 25.2 Å². The maximum absolute atomic E-state index is 5.91. The quantitative estimate of drug-likeness (QED) is 0.673. The molecular weight excluding hydrogens is 264 g/mol. The summed E-state index contributed by atoms with van der Waals surface area (Å²) in [6.45, 7) is 13.5. The lowest BCUT2D eigenvalue weighted by Crippen LogP contribution is -2.31. The van der Waals surface area contributed by atoms with Crippen molar-refractivity contribution in [1.82, 2.24) is 10.2 Å². The van der Waals surface area contributed by atoms with Gasteiger partial charge in [-0.05, 0) is 33.0 Å². The Morgan fingerprint density at radius 2 is 1.90 bits per heavy atom. The second-order valence-electron chi connectivity index (χ2n) is 5.32. The number of benzene rings is 1. The highest BCUT2D eigenvalue weighted by molar-refractivity contribution is 5.46. The first-order valence-electron chi connectivity index (χ1n) is 7.87. The molecule has 0 aliphatic heterocycles. The van der Waals surface area contributed by atoms with Crippen LogP contribution in [0.3, 0.4) is 0 Å². The summed E-state index contributed by atoms with van der Waals surface area (Å²) in [7, 11) is 1.68. The highest BCUT2D eigenvalue weighted by atomic mass is 16.5. The minimum Gasteiger partial charge on any atom is -0.493 e. The van der Waals surface area contributed by atoms with Crippen LogP contribution in [0.4, 0.5) is 0 Å². The molecular formula is C17H30N2O2. The van der Waals surface area contributed by atoms with E-state index < -0.39 is 0 Å². The van der Waals surface area contributed by atoms with Crippen LogP contribution in [0.1, 0.15) is 33.3 Å². The van der Waals surface area contributed by atoms with Crippen molar-refractivity contribution in [2.24, 2.45) is 0 Å². The van der Waals surface area contributed by atoms with Gasteiger partial charge in [0.2, 0.25) is 0 Å². The molecule has 1 rings (SSSR count). The molecule has 0 unspecified atom stereocenters. The van der Waals surface area contributed by atoms with Crippen molar-refractivity contribution < 1.29 is 9.47 Å². The third kappa shape index (κ3) is 5.94. The van der Waals surface area contributed by atoms with E-state index >= 15 is 0 Å². The molecule has 1 N–H and O–H groups in total. The molecule has 0 aliphatic rings. The number of para-hydroxylation sites is 1. The largest absolute Gasteiger partial charge is 0.493 e. The Morgan fingerprint density at radius 3 is 2.48 bits per heavy atom. The third-order valence-corrected chi connectivity index (χ3v) is 3.45. The van der Waals surface area contributed by atoms with Crippen molar-refractivity contribution in [3.05, 3.63) is 23.8 Å². The average molecular weight is 294 g/mol. The van der Waals surface area contributed by atoms with E-state index in [0.29, 0.717) is 0 Å². The summed E-state index contributed by atoms with van der Waals surface area (Å²) in [6.07, 6.45) is 0.135. The summed E-state index contributed by atoms with van der Waals surface area (Å²) in [6, 6.07) is 6.04. The van der Waals surface area contributed by atoms with E-state index in [2.05, 4.69) is 30.1 Å². The zero-order valence-corrected chi connectivity index (χ0v) is 14.1. The number of likely N-dealkylation sites (N-methyl/N-ethyl adjacent to an activating group) is 1. The maximum atomic E-state index is 5.91. The van der Waals surface area contributed by atoms with Crippen LogP contribution in [0.5, 0.6) is 11.5 Å². The van der Waals surface area contributed by atoms with Crippen LogP contribution < -0.4 is 14.8 Å². The van der Waals surface area contributed by atoms with Crippen molar-refractivity contribution in [3.8, 4) is 11.5 Å². The van der Waals surface area contributed by atoms with E-state index in [1.807, 2.05) is 26.0 Å². The topological polar surface area (TPSA) is 33.7 Å². The van der Waals surface area contributed by atoms with E-state index in [4.69, 9.17) is 9.47 Å². The van der Waals surface area contributed by atoms with E-state index in [9.17, 15) is 0 Å². The van der Waals surface area contributed by atoms with Gasteiger partial charge < -0.3 is 19.7 Å². The van der Waals surface area contributed by atoms with Gasteiger partial charge in [0.1, 0.15) is 0 Å². The van der Waals surface area contributed by atoms with Gasteiger partial charge in [0.05, 0.1) is 13.2 Å². The molecule has 21 heavy (non-hydrogen) atoms. The Kier molecular flexibility index (Phi) is 8.16. The lowest BCUT2D eigenvalue weighted by Gasteiger charge is -2.20. The van der Waals surface area contributed by atoms with Gasteiger partial charge in [-0.2, -0.15) is 0 Å². The van der Waals surface area contributed by atoms with Crippen LogP contribution in [0.2, 0.25) is 0 Å². The van der Waals surface area contributed by atoms with Crippen LogP contribution in [0.15, 0.2) is 18.2 Å². The molecule has 120 valence electrons. The fraction of sp³-hybridized carbons (Fsp3) is 0.647. The number of ether oxygens (including phenoxy) is 2. The Morgan fingerprint density at radius 1 is 1.19 bits per heavy atom. The fourth-order valence-electron chi connectivity index (χ4n) is 2.23. The molecule has 0 saturated heterocycles. The zero-order valence-electron chi connectivity index (χ0n) is 14.1. The molecule has 0 saturated carbocycles.